The maximum Gasteiger partial charge on any atom is 0.408 e. The molecule has 0 bridgehead atoms. The Morgan fingerprint density at radius 1 is 1.29 bits per heavy atom. The third-order valence-corrected chi connectivity index (χ3v) is 4.62. The topological polar surface area (TPSA) is 141 Å². The van der Waals surface area contributed by atoms with Gasteiger partial charge in [0, 0.05) is 22.9 Å². The molecule has 1 unspecified atom stereocenters. The average Bonchev–Trinajstić information content (AvgIpc) is 3.17. The Labute approximate surface area is 164 Å². The first-order valence-electron chi connectivity index (χ1n) is 7.95. The number of ether oxygens (including phenoxy) is 3. The van der Waals surface area contributed by atoms with Gasteiger partial charge in [-0.2, -0.15) is 0 Å². The number of carboxylic acid groups (broad SMARTS) is 1. The van der Waals surface area contributed by atoms with Gasteiger partial charge in [-0.1, -0.05) is 6.07 Å². The number of hydrogen-bond acceptors (Lipinski definition) is 9. The molecule has 0 spiro atoms. The van der Waals surface area contributed by atoms with Gasteiger partial charge < -0.3 is 35.1 Å². The SMILES string of the molecule is COc1cc(COC(=O)NC(Cc2cccs2)C(=O)O)c(N([O-])O)cc1OC. The molecule has 152 valence electrons. The summed E-state index contributed by atoms with van der Waals surface area (Å²) in [5.41, 5.74) is -0.0748. The molecule has 1 atom stereocenters. The Morgan fingerprint density at radius 2 is 1.96 bits per heavy atom. The maximum absolute atomic E-state index is 12.0. The van der Waals surface area contributed by atoms with Crippen LogP contribution in [-0.2, 0) is 22.6 Å². The Morgan fingerprint density at radius 3 is 2.50 bits per heavy atom. The molecule has 0 aliphatic heterocycles. The van der Waals surface area contributed by atoms with Gasteiger partial charge in [-0.3, -0.25) is 5.21 Å². The molecule has 2 rings (SSSR count). The molecule has 1 aromatic heterocycles. The zero-order valence-electron chi connectivity index (χ0n) is 15.1. The summed E-state index contributed by atoms with van der Waals surface area (Å²) in [5, 5.41) is 33.6. The van der Waals surface area contributed by atoms with Crippen LogP contribution in [0.25, 0.3) is 0 Å². The molecule has 28 heavy (non-hydrogen) atoms. The molecule has 1 amide bonds. The minimum absolute atomic E-state index is 0.106. The second kappa shape index (κ2) is 9.78. The summed E-state index contributed by atoms with van der Waals surface area (Å²) in [4.78, 5) is 24.2. The molecular formula is C17H19N2O8S-. The Balaban J connectivity index is 2.07. The van der Waals surface area contributed by atoms with Gasteiger partial charge in [0.1, 0.15) is 12.6 Å². The van der Waals surface area contributed by atoms with Crippen molar-refractivity contribution in [1.82, 2.24) is 5.32 Å². The van der Waals surface area contributed by atoms with E-state index in [2.05, 4.69) is 5.32 Å². The van der Waals surface area contributed by atoms with Crippen molar-refractivity contribution in [3.05, 3.63) is 45.3 Å². The summed E-state index contributed by atoms with van der Waals surface area (Å²) in [6.45, 7) is -0.411. The van der Waals surface area contributed by atoms with E-state index in [1.807, 2.05) is 0 Å². The van der Waals surface area contributed by atoms with Crippen molar-refractivity contribution in [3.8, 4) is 11.5 Å². The number of amides is 1. The number of nitrogens with zero attached hydrogens (tertiary/aromatic N) is 1. The van der Waals surface area contributed by atoms with E-state index in [0.29, 0.717) is 0 Å². The number of benzene rings is 1. The number of anilines is 1. The average molecular weight is 411 g/mol. The van der Waals surface area contributed by atoms with Crippen LogP contribution in [0.4, 0.5) is 10.5 Å². The summed E-state index contributed by atoms with van der Waals surface area (Å²) in [7, 11) is 2.74. The summed E-state index contributed by atoms with van der Waals surface area (Å²) in [6.07, 6.45) is -0.880. The summed E-state index contributed by atoms with van der Waals surface area (Å²) in [6, 6.07) is 4.94. The Bertz CT molecular complexity index is 810. The minimum Gasteiger partial charge on any atom is -0.733 e. The predicted molar refractivity (Wildman–Crippen MR) is 99.9 cm³/mol. The van der Waals surface area contributed by atoms with E-state index < -0.39 is 29.9 Å². The molecule has 11 heteroatoms. The van der Waals surface area contributed by atoms with Crippen molar-refractivity contribution >= 4 is 29.1 Å². The lowest BCUT2D eigenvalue weighted by atomic mass is 10.1. The smallest absolute Gasteiger partial charge is 0.408 e. The first-order valence-corrected chi connectivity index (χ1v) is 8.83. The highest BCUT2D eigenvalue weighted by molar-refractivity contribution is 7.09. The number of nitrogens with one attached hydrogen (secondary N) is 1. The molecule has 2 aromatic rings. The van der Waals surface area contributed by atoms with E-state index in [4.69, 9.17) is 14.2 Å². The summed E-state index contributed by atoms with van der Waals surface area (Å²) in [5.74, 6) is -0.756. The molecular weight excluding hydrogens is 392 g/mol. The standard InChI is InChI=1S/C17H19N2O8S/c1-25-14-6-10(13(19(23)24)8-15(14)26-2)9-27-17(22)18-12(16(20)21)7-11-4-3-5-28-11/h3-6,8,12,23H,7,9H2,1-2H3,(H,18,22)(H,20,21)/q-1. The second-order valence-corrected chi connectivity index (χ2v) is 6.54. The van der Waals surface area contributed by atoms with Crippen LogP contribution < -0.4 is 20.0 Å². The van der Waals surface area contributed by atoms with Gasteiger partial charge in [0.25, 0.3) is 0 Å². The van der Waals surface area contributed by atoms with E-state index in [1.54, 1.807) is 17.5 Å². The van der Waals surface area contributed by atoms with E-state index in [9.17, 15) is 25.1 Å². The first kappa shape index (κ1) is 21.3. The van der Waals surface area contributed by atoms with Crippen LogP contribution in [0.15, 0.2) is 29.6 Å². The van der Waals surface area contributed by atoms with Gasteiger partial charge >= 0.3 is 12.1 Å². The fourth-order valence-corrected chi connectivity index (χ4v) is 3.11. The summed E-state index contributed by atoms with van der Waals surface area (Å²) >= 11 is 1.37. The minimum atomic E-state index is -1.21. The van der Waals surface area contributed by atoms with Crippen LogP contribution in [0.5, 0.6) is 11.5 Å². The third kappa shape index (κ3) is 5.49. The molecule has 0 fully saturated rings. The van der Waals surface area contributed by atoms with Crippen LogP contribution in [0.2, 0.25) is 0 Å². The second-order valence-electron chi connectivity index (χ2n) is 5.50. The quantitative estimate of drug-likeness (QED) is 0.530. The van der Waals surface area contributed by atoms with Gasteiger partial charge in [0.2, 0.25) is 0 Å². The van der Waals surface area contributed by atoms with E-state index >= 15 is 0 Å². The van der Waals surface area contributed by atoms with Crippen molar-refractivity contribution in [1.29, 1.82) is 0 Å². The molecule has 10 nitrogen and oxygen atoms in total. The zero-order valence-corrected chi connectivity index (χ0v) is 15.9. The van der Waals surface area contributed by atoms with Crippen LogP contribution in [0.3, 0.4) is 0 Å². The van der Waals surface area contributed by atoms with E-state index in [1.165, 1.54) is 37.7 Å². The lowest BCUT2D eigenvalue weighted by molar-refractivity contribution is -0.139. The lowest BCUT2D eigenvalue weighted by Crippen LogP contribution is -2.42. The first-order chi connectivity index (χ1) is 13.3. The monoisotopic (exact) mass is 411 g/mol. The number of carboxylic acids is 1. The van der Waals surface area contributed by atoms with Gasteiger partial charge in [-0.15, -0.1) is 11.3 Å². The number of alkyl carbamates (subject to hydrolysis) is 1. The fourth-order valence-electron chi connectivity index (χ4n) is 2.36. The number of methoxy groups -OCH3 is 2. The number of aliphatic carboxylic acids is 1. The molecule has 3 N–H and O–H groups in total. The van der Waals surface area contributed by atoms with Gasteiger partial charge in [-0.25, -0.2) is 9.59 Å². The maximum atomic E-state index is 12.0. The normalized spacial score (nSPS) is 11.4. The molecule has 0 radical (unpaired) electrons. The number of carbonyl (C=O) groups excluding carboxylic acids is 1. The van der Waals surface area contributed by atoms with Gasteiger partial charge in [0.15, 0.2) is 11.5 Å². The van der Waals surface area contributed by atoms with Crippen LogP contribution >= 0.6 is 11.3 Å². The largest absolute Gasteiger partial charge is 0.733 e. The van der Waals surface area contributed by atoms with Gasteiger partial charge in [0.05, 0.1) is 19.9 Å². The van der Waals surface area contributed by atoms with E-state index in [-0.39, 0.29) is 29.2 Å². The highest BCUT2D eigenvalue weighted by atomic mass is 32.1. The van der Waals surface area contributed by atoms with Gasteiger partial charge in [-0.05, 0) is 17.5 Å². The van der Waals surface area contributed by atoms with Crippen molar-refractivity contribution in [2.75, 3.05) is 19.4 Å². The fraction of sp³-hybridized carbons (Fsp3) is 0.294. The zero-order chi connectivity index (χ0) is 20.7. The third-order valence-electron chi connectivity index (χ3n) is 3.73. The molecule has 1 heterocycles. The number of carbonyl (C=O) groups is 2. The van der Waals surface area contributed by atoms with Crippen LogP contribution in [0.1, 0.15) is 10.4 Å². The molecule has 0 saturated carbocycles. The van der Waals surface area contributed by atoms with Crippen molar-refractivity contribution < 1.29 is 34.1 Å². The molecule has 1 aromatic carbocycles. The Hall–Kier alpha value is -3.02. The highest BCUT2D eigenvalue weighted by Gasteiger charge is 2.22. The predicted octanol–water partition coefficient (Wildman–Crippen LogP) is 2.38. The van der Waals surface area contributed by atoms with Crippen molar-refractivity contribution in [2.45, 2.75) is 19.1 Å². The van der Waals surface area contributed by atoms with E-state index in [0.717, 1.165) is 4.88 Å². The summed E-state index contributed by atoms with van der Waals surface area (Å²) < 4.78 is 15.2. The Kier molecular flexibility index (Phi) is 7.44. The van der Waals surface area contributed by atoms with Crippen molar-refractivity contribution in [3.63, 3.8) is 0 Å². The molecule has 0 saturated heterocycles. The van der Waals surface area contributed by atoms with Crippen molar-refractivity contribution in [2.24, 2.45) is 0 Å². The number of thiophene rings is 1. The molecule has 0 aliphatic carbocycles. The highest BCUT2D eigenvalue weighted by Crippen LogP contribution is 2.35. The lowest BCUT2D eigenvalue weighted by Gasteiger charge is -2.26. The van der Waals surface area contributed by atoms with Crippen LogP contribution in [-0.4, -0.2) is 42.6 Å². The number of rotatable bonds is 9. The molecule has 0 aliphatic rings. The van der Waals surface area contributed by atoms with Crippen LogP contribution in [0, 0.1) is 5.21 Å². The number of hydrogen-bond donors (Lipinski definition) is 3.